The number of hydrogen-bond acceptors (Lipinski definition) is 4. The number of amides is 1. The lowest BCUT2D eigenvalue weighted by atomic mass is 9.71. The molecule has 0 aromatic heterocycles. The third-order valence-electron chi connectivity index (χ3n) is 6.53. The third-order valence-corrected chi connectivity index (χ3v) is 6.53. The van der Waals surface area contributed by atoms with Gasteiger partial charge in [-0.05, 0) is 35.8 Å². The first-order valence-electron chi connectivity index (χ1n) is 11.4. The fourth-order valence-electron chi connectivity index (χ4n) is 4.91. The van der Waals surface area contributed by atoms with Gasteiger partial charge in [-0.2, -0.15) is 13.2 Å². The minimum absolute atomic E-state index is 0.0373. The van der Waals surface area contributed by atoms with Gasteiger partial charge < -0.3 is 19.6 Å². The lowest BCUT2D eigenvalue weighted by molar-refractivity contribution is -0.192. The molecule has 192 valence electrons. The molecule has 2 aliphatic heterocycles. The number of hydrogen-bond donors (Lipinski definition) is 1. The number of ether oxygens (including phenoxy) is 1. The summed E-state index contributed by atoms with van der Waals surface area (Å²) in [6.45, 7) is 10.2. The summed E-state index contributed by atoms with van der Waals surface area (Å²) in [4.78, 5) is 26.1. The van der Waals surface area contributed by atoms with E-state index in [1.165, 1.54) is 6.07 Å². The highest BCUT2D eigenvalue weighted by Crippen LogP contribution is 2.45. The van der Waals surface area contributed by atoms with Gasteiger partial charge in [0.2, 0.25) is 5.91 Å². The average molecular weight is 491 g/mol. The molecule has 1 unspecified atom stereocenters. The lowest BCUT2D eigenvalue weighted by Gasteiger charge is -2.42. The Kier molecular flexibility index (Phi) is 9.87. The number of methoxy groups -OCH3 is 1. The van der Waals surface area contributed by atoms with Crippen LogP contribution < -0.4 is 0 Å². The molecule has 1 atom stereocenters. The third kappa shape index (κ3) is 7.66. The average Bonchev–Trinajstić information content (AvgIpc) is 3.05. The standard InChI is InChI=1S/C22H33FN2O2.C2HF3O2/c1-17(2)13-24-14-19(15-27-3)22(16-24)8-10-25(11-9-22)21(26)12-18-6-4-5-7-20(18)23;3-2(4,5)1(6)7/h4-7,17,19H,8-16H2,1-3H3;(H,6,7). The van der Waals surface area contributed by atoms with E-state index in [0.717, 1.165) is 52.2 Å². The first-order chi connectivity index (χ1) is 15.9. The molecular formula is C24H34F4N2O4. The number of rotatable bonds is 6. The molecule has 2 fully saturated rings. The fourth-order valence-corrected chi connectivity index (χ4v) is 4.91. The van der Waals surface area contributed by atoms with E-state index in [9.17, 15) is 22.4 Å². The highest BCUT2D eigenvalue weighted by molar-refractivity contribution is 5.79. The maximum Gasteiger partial charge on any atom is 0.490 e. The SMILES string of the molecule is COCC1CN(CC(C)C)CC12CCN(C(=O)Cc1ccccc1F)CC2.O=C(O)C(F)(F)F. The Balaban J connectivity index is 0.000000509. The van der Waals surface area contributed by atoms with Crippen LogP contribution in [0.4, 0.5) is 17.6 Å². The molecule has 0 saturated carbocycles. The molecule has 2 aliphatic rings. The van der Waals surface area contributed by atoms with Crippen LogP contribution in [0.3, 0.4) is 0 Å². The van der Waals surface area contributed by atoms with E-state index >= 15 is 0 Å². The van der Waals surface area contributed by atoms with Crippen molar-refractivity contribution < 1.29 is 37.0 Å². The van der Waals surface area contributed by atoms with Gasteiger partial charge in [0.25, 0.3) is 0 Å². The second-order valence-corrected chi connectivity index (χ2v) is 9.55. The van der Waals surface area contributed by atoms with Gasteiger partial charge in [-0.15, -0.1) is 0 Å². The van der Waals surface area contributed by atoms with Gasteiger partial charge in [-0.3, -0.25) is 4.79 Å². The number of carboxylic acid groups (broad SMARTS) is 1. The Morgan fingerprint density at radius 3 is 2.29 bits per heavy atom. The van der Waals surface area contributed by atoms with E-state index in [1.54, 1.807) is 25.3 Å². The largest absolute Gasteiger partial charge is 0.490 e. The predicted octanol–water partition coefficient (Wildman–Crippen LogP) is 3.84. The maximum absolute atomic E-state index is 13.9. The van der Waals surface area contributed by atoms with E-state index in [0.29, 0.717) is 17.4 Å². The van der Waals surface area contributed by atoms with Gasteiger partial charge in [0.1, 0.15) is 5.82 Å². The van der Waals surface area contributed by atoms with Gasteiger partial charge in [0, 0.05) is 45.8 Å². The van der Waals surface area contributed by atoms with Crippen molar-refractivity contribution in [3.63, 3.8) is 0 Å². The zero-order chi connectivity index (χ0) is 25.5. The minimum Gasteiger partial charge on any atom is -0.475 e. The Bertz CT molecular complexity index is 823. The van der Waals surface area contributed by atoms with Crippen molar-refractivity contribution in [2.24, 2.45) is 17.3 Å². The van der Waals surface area contributed by atoms with Crippen molar-refractivity contribution >= 4 is 11.9 Å². The zero-order valence-electron chi connectivity index (χ0n) is 19.9. The second-order valence-electron chi connectivity index (χ2n) is 9.55. The van der Waals surface area contributed by atoms with Gasteiger partial charge in [0.05, 0.1) is 13.0 Å². The minimum atomic E-state index is -5.08. The molecule has 2 saturated heterocycles. The molecule has 6 nitrogen and oxygen atoms in total. The topological polar surface area (TPSA) is 70.1 Å². The van der Waals surface area contributed by atoms with E-state index in [-0.39, 0.29) is 23.6 Å². The highest BCUT2D eigenvalue weighted by atomic mass is 19.4. The van der Waals surface area contributed by atoms with Crippen molar-refractivity contribution in [2.45, 2.75) is 39.3 Å². The van der Waals surface area contributed by atoms with Gasteiger partial charge in [0.15, 0.2) is 0 Å². The molecule has 1 spiro atoms. The first kappa shape index (κ1) is 28.0. The van der Waals surface area contributed by atoms with Crippen LogP contribution in [-0.2, 0) is 20.7 Å². The summed E-state index contributed by atoms with van der Waals surface area (Å²) in [6, 6.07) is 6.57. The zero-order valence-corrected chi connectivity index (χ0v) is 19.9. The maximum atomic E-state index is 13.9. The number of aliphatic carboxylic acids is 1. The van der Waals surface area contributed by atoms with Crippen LogP contribution in [0.5, 0.6) is 0 Å². The molecule has 1 N–H and O–H groups in total. The van der Waals surface area contributed by atoms with Crippen LogP contribution in [-0.4, -0.2) is 79.4 Å². The smallest absolute Gasteiger partial charge is 0.475 e. The van der Waals surface area contributed by atoms with Crippen molar-refractivity contribution in [2.75, 3.05) is 46.4 Å². The van der Waals surface area contributed by atoms with Gasteiger partial charge in [-0.25, -0.2) is 9.18 Å². The predicted molar refractivity (Wildman–Crippen MR) is 119 cm³/mol. The van der Waals surface area contributed by atoms with Crippen molar-refractivity contribution in [3.8, 4) is 0 Å². The summed E-state index contributed by atoms with van der Waals surface area (Å²) in [7, 11) is 1.78. The molecule has 0 radical (unpaired) electrons. The van der Waals surface area contributed by atoms with Crippen LogP contribution in [0.2, 0.25) is 0 Å². The summed E-state index contributed by atoms with van der Waals surface area (Å²) in [5.41, 5.74) is 0.740. The number of carbonyl (C=O) groups is 2. The summed E-state index contributed by atoms with van der Waals surface area (Å²) in [5, 5.41) is 7.12. The van der Waals surface area contributed by atoms with Crippen molar-refractivity contribution in [1.29, 1.82) is 0 Å². The number of nitrogens with zero attached hydrogens (tertiary/aromatic N) is 2. The highest BCUT2D eigenvalue weighted by Gasteiger charge is 2.48. The summed E-state index contributed by atoms with van der Waals surface area (Å²) >= 11 is 0. The van der Waals surface area contributed by atoms with Crippen LogP contribution in [0.25, 0.3) is 0 Å². The molecule has 1 amide bonds. The van der Waals surface area contributed by atoms with E-state index in [4.69, 9.17) is 14.6 Å². The molecule has 0 bridgehead atoms. The number of alkyl halides is 3. The van der Waals surface area contributed by atoms with Crippen LogP contribution in [0, 0.1) is 23.1 Å². The molecule has 2 heterocycles. The molecule has 10 heteroatoms. The summed E-state index contributed by atoms with van der Waals surface area (Å²) in [6.07, 6.45) is -2.90. The first-order valence-corrected chi connectivity index (χ1v) is 11.4. The number of likely N-dealkylation sites (tertiary alicyclic amines) is 2. The van der Waals surface area contributed by atoms with Crippen LogP contribution in [0.1, 0.15) is 32.3 Å². The number of halogens is 4. The van der Waals surface area contributed by atoms with Gasteiger partial charge >= 0.3 is 12.1 Å². The van der Waals surface area contributed by atoms with Crippen LogP contribution >= 0.6 is 0 Å². The fraction of sp³-hybridized carbons (Fsp3) is 0.667. The van der Waals surface area contributed by atoms with E-state index < -0.39 is 12.1 Å². The lowest BCUT2D eigenvalue weighted by Crippen LogP contribution is -2.47. The second kappa shape index (κ2) is 12.0. The quantitative estimate of drug-likeness (QED) is 0.614. The Labute approximate surface area is 197 Å². The molecule has 3 rings (SSSR count). The molecule has 0 aliphatic carbocycles. The molecule has 1 aromatic carbocycles. The number of carbonyl (C=O) groups excluding carboxylic acids is 1. The molecule has 34 heavy (non-hydrogen) atoms. The van der Waals surface area contributed by atoms with E-state index in [2.05, 4.69) is 18.7 Å². The van der Waals surface area contributed by atoms with Gasteiger partial charge in [-0.1, -0.05) is 32.0 Å². The van der Waals surface area contributed by atoms with Crippen LogP contribution in [0.15, 0.2) is 24.3 Å². The summed E-state index contributed by atoms with van der Waals surface area (Å²) < 4.78 is 51.1. The van der Waals surface area contributed by atoms with Crippen molar-refractivity contribution in [1.82, 2.24) is 9.80 Å². The van der Waals surface area contributed by atoms with E-state index in [1.807, 2.05) is 4.90 Å². The number of benzene rings is 1. The Hall–Kier alpha value is -2.20. The number of piperidine rings is 1. The van der Waals surface area contributed by atoms with Crippen molar-refractivity contribution in [3.05, 3.63) is 35.6 Å². The Morgan fingerprint density at radius 2 is 1.79 bits per heavy atom. The molecule has 1 aromatic rings. The Morgan fingerprint density at radius 1 is 1.21 bits per heavy atom. The number of carboxylic acids is 1. The normalized spacial score (nSPS) is 20.4. The monoisotopic (exact) mass is 490 g/mol. The molecular weight excluding hydrogens is 456 g/mol. The summed E-state index contributed by atoms with van der Waals surface area (Å²) in [5.74, 6) is -1.82.